The lowest BCUT2D eigenvalue weighted by Crippen LogP contribution is -2.25. The van der Waals surface area contributed by atoms with E-state index in [1.54, 1.807) is 42.5 Å². The molecule has 2 aromatic carbocycles. The minimum absolute atomic E-state index is 0.136. The second-order valence-corrected chi connectivity index (χ2v) is 7.98. The molecule has 1 N–H and O–H groups in total. The first-order valence-corrected chi connectivity index (χ1v) is 9.65. The van der Waals surface area contributed by atoms with Crippen LogP contribution >= 0.6 is 11.6 Å². The SMILES string of the molecule is COc1ccccc1C(=O)Nc1ccc(N2CCCS2(=O)=O)cc1Cl. The van der Waals surface area contributed by atoms with E-state index in [-0.39, 0.29) is 16.7 Å². The second-order valence-electron chi connectivity index (χ2n) is 5.56. The van der Waals surface area contributed by atoms with Crippen LogP contribution in [0.15, 0.2) is 42.5 Å². The van der Waals surface area contributed by atoms with Crippen LogP contribution in [0.1, 0.15) is 16.8 Å². The van der Waals surface area contributed by atoms with Crippen LogP contribution < -0.4 is 14.4 Å². The molecule has 25 heavy (non-hydrogen) atoms. The Morgan fingerprint density at radius 2 is 2.00 bits per heavy atom. The Hall–Kier alpha value is -2.25. The maximum Gasteiger partial charge on any atom is 0.259 e. The molecular weight excluding hydrogens is 364 g/mol. The molecule has 1 aliphatic rings. The first kappa shape index (κ1) is 17.6. The summed E-state index contributed by atoms with van der Waals surface area (Å²) in [4.78, 5) is 12.4. The standard InChI is InChI=1S/C17H17ClN2O4S/c1-24-16-6-3-2-5-13(16)17(21)19-15-8-7-12(11-14(15)18)20-9-4-10-25(20,22)23/h2-3,5-8,11H,4,9-10H2,1H3,(H,19,21). The van der Waals surface area contributed by atoms with Crippen LogP contribution in [0, 0.1) is 0 Å². The van der Waals surface area contributed by atoms with Crippen molar-refractivity contribution in [1.82, 2.24) is 0 Å². The fourth-order valence-corrected chi connectivity index (χ4v) is 4.49. The maximum absolute atomic E-state index is 12.4. The van der Waals surface area contributed by atoms with E-state index >= 15 is 0 Å². The minimum Gasteiger partial charge on any atom is -0.496 e. The Kier molecular flexibility index (Phi) is 4.87. The third-order valence-corrected chi connectivity index (χ3v) is 6.12. The molecular formula is C17H17ClN2O4S. The molecule has 0 aromatic heterocycles. The molecule has 8 heteroatoms. The van der Waals surface area contributed by atoms with Crippen LogP contribution in [0.25, 0.3) is 0 Å². The van der Waals surface area contributed by atoms with Crippen LogP contribution in [0.5, 0.6) is 5.75 Å². The lowest BCUT2D eigenvalue weighted by molar-refractivity contribution is 0.102. The van der Waals surface area contributed by atoms with E-state index in [1.807, 2.05) is 0 Å². The summed E-state index contributed by atoms with van der Waals surface area (Å²) in [5.41, 5.74) is 1.28. The molecule has 0 saturated carbocycles. The predicted molar refractivity (Wildman–Crippen MR) is 98.1 cm³/mol. The molecule has 3 rings (SSSR count). The van der Waals surface area contributed by atoms with Crippen molar-refractivity contribution >= 4 is 38.9 Å². The van der Waals surface area contributed by atoms with Gasteiger partial charge in [-0.1, -0.05) is 23.7 Å². The first-order valence-electron chi connectivity index (χ1n) is 7.67. The average Bonchev–Trinajstić information content (AvgIpc) is 2.95. The smallest absolute Gasteiger partial charge is 0.259 e. The quantitative estimate of drug-likeness (QED) is 0.884. The van der Waals surface area contributed by atoms with Gasteiger partial charge in [0.15, 0.2) is 0 Å². The highest BCUT2D eigenvalue weighted by Gasteiger charge is 2.28. The topological polar surface area (TPSA) is 75.7 Å². The molecule has 1 fully saturated rings. The van der Waals surface area contributed by atoms with Crippen molar-refractivity contribution in [2.75, 3.05) is 29.0 Å². The lowest BCUT2D eigenvalue weighted by Gasteiger charge is -2.18. The predicted octanol–water partition coefficient (Wildman–Crippen LogP) is 3.14. The largest absolute Gasteiger partial charge is 0.496 e. The number of carbonyl (C=O) groups excluding carboxylic acids is 1. The fraction of sp³-hybridized carbons (Fsp3) is 0.235. The molecule has 1 amide bonds. The van der Waals surface area contributed by atoms with Gasteiger partial charge in [-0.05, 0) is 36.8 Å². The number of amides is 1. The number of hydrogen-bond donors (Lipinski definition) is 1. The number of carbonyl (C=O) groups is 1. The number of ether oxygens (including phenoxy) is 1. The van der Waals surface area contributed by atoms with Gasteiger partial charge in [-0.25, -0.2) is 8.42 Å². The van der Waals surface area contributed by atoms with Gasteiger partial charge in [0.05, 0.1) is 34.8 Å². The average molecular weight is 381 g/mol. The van der Waals surface area contributed by atoms with Crippen LogP contribution in [-0.2, 0) is 10.0 Å². The Morgan fingerprint density at radius 1 is 1.24 bits per heavy atom. The zero-order valence-corrected chi connectivity index (χ0v) is 15.1. The fourth-order valence-electron chi connectivity index (χ4n) is 2.71. The summed E-state index contributed by atoms with van der Waals surface area (Å²) in [6, 6.07) is 11.6. The Balaban J connectivity index is 1.83. The van der Waals surface area contributed by atoms with Crippen molar-refractivity contribution in [3.05, 3.63) is 53.1 Å². The summed E-state index contributed by atoms with van der Waals surface area (Å²) in [6.45, 7) is 0.436. The van der Waals surface area contributed by atoms with Crippen LogP contribution in [0.3, 0.4) is 0 Å². The molecule has 0 spiro atoms. The summed E-state index contributed by atoms with van der Waals surface area (Å²) in [7, 11) is -1.78. The Bertz CT molecular complexity index is 915. The molecule has 1 heterocycles. The third kappa shape index (κ3) is 3.57. The molecule has 132 valence electrons. The summed E-state index contributed by atoms with van der Waals surface area (Å²) < 4.78 is 30.5. The third-order valence-electron chi connectivity index (χ3n) is 3.94. The number of benzene rings is 2. The molecule has 2 aromatic rings. The summed E-state index contributed by atoms with van der Waals surface area (Å²) in [5, 5.41) is 2.99. The van der Waals surface area contributed by atoms with E-state index in [9.17, 15) is 13.2 Å². The molecule has 1 aliphatic heterocycles. The van der Waals surface area contributed by atoms with Gasteiger partial charge >= 0.3 is 0 Å². The normalized spacial score (nSPS) is 15.8. The van der Waals surface area contributed by atoms with E-state index in [4.69, 9.17) is 16.3 Å². The van der Waals surface area contributed by atoms with E-state index in [1.165, 1.54) is 11.4 Å². The maximum atomic E-state index is 12.4. The first-order chi connectivity index (χ1) is 11.9. The van der Waals surface area contributed by atoms with Gasteiger partial charge in [0.25, 0.3) is 5.91 Å². The van der Waals surface area contributed by atoms with Gasteiger partial charge in [-0.3, -0.25) is 9.10 Å². The van der Waals surface area contributed by atoms with Gasteiger partial charge < -0.3 is 10.1 Å². The van der Waals surface area contributed by atoms with Gasteiger partial charge in [0.2, 0.25) is 10.0 Å². The zero-order valence-electron chi connectivity index (χ0n) is 13.5. The number of anilines is 2. The van der Waals surface area contributed by atoms with Gasteiger partial charge in [0.1, 0.15) is 5.75 Å². The second kappa shape index (κ2) is 6.93. The molecule has 1 saturated heterocycles. The Labute approximate surface area is 151 Å². The van der Waals surface area contributed by atoms with E-state index in [2.05, 4.69) is 5.32 Å². The lowest BCUT2D eigenvalue weighted by atomic mass is 10.2. The van der Waals surface area contributed by atoms with Gasteiger partial charge in [-0.15, -0.1) is 0 Å². The summed E-state index contributed by atoms with van der Waals surface area (Å²) in [5.74, 6) is 0.230. The van der Waals surface area contributed by atoms with Crippen LogP contribution in [-0.4, -0.2) is 33.7 Å². The van der Waals surface area contributed by atoms with Crippen molar-refractivity contribution in [2.45, 2.75) is 6.42 Å². The van der Waals surface area contributed by atoms with E-state index in [0.29, 0.717) is 35.7 Å². The molecule has 6 nitrogen and oxygen atoms in total. The van der Waals surface area contributed by atoms with Crippen LogP contribution in [0.4, 0.5) is 11.4 Å². The highest BCUT2D eigenvalue weighted by atomic mass is 35.5. The molecule has 0 radical (unpaired) electrons. The zero-order chi connectivity index (χ0) is 18.0. The minimum atomic E-state index is -3.27. The molecule has 0 atom stereocenters. The number of nitrogens with one attached hydrogen (secondary N) is 1. The molecule has 0 aliphatic carbocycles. The summed E-state index contributed by atoms with van der Waals surface area (Å²) in [6.07, 6.45) is 0.590. The number of para-hydroxylation sites is 1. The van der Waals surface area contributed by atoms with E-state index < -0.39 is 10.0 Å². The number of hydrogen-bond acceptors (Lipinski definition) is 4. The van der Waals surface area contributed by atoms with Crippen molar-refractivity contribution in [3.63, 3.8) is 0 Å². The molecule has 0 unspecified atom stereocenters. The number of rotatable bonds is 4. The monoisotopic (exact) mass is 380 g/mol. The Morgan fingerprint density at radius 3 is 2.64 bits per heavy atom. The summed E-state index contributed by atoms with van der Waals surface area (Å²) >= 11 is 6.24. The van der Waals surface area contributed by atoms with Crippen molar-refractivity contribution in [1.29, 1.82) is 0 Å². The molecule has 0 bridgehead atoms. The highest BCUT2D eigenvalue weighted by molar-refractivity contribution is 7.93. The van der Waals surface area contributed by atoms with Crippen LogP contribution in [0.2, 0.25) is 5.02 Å². The number of methoxy groups -OCH3 is 1. The highest BCUT2D eigenvalue weighted by Crippen LogP contribution is 2.31. The number of halogens is 1. The van der Waals surface area contributed by atoms with Gasteiger partial charge in [-0.2, -0.15) is 0 Å². The van der Waals surface area contributed by atoms with Crippen molar-refractivity contribution in [2.24, 2.45) is 0 Å². The van der Waals surface area contributed by atoms with Gasteiger partial charge in [0, 0.05) is 6.54 Å². The number of nitrogens with zero attached hydrogens (tertiary/aromatic N) is 1. The van der Waals surface area contributed by atoms with E-state index in [0.717, 1.165) is 0 Å². The van der Waals surface area contributed by atoms with Crippen molar-refractivity contribution < 1.29 is 17.9 Å². The number of sulfonamides is 1. The van der Waals surface area contributed by atoms with Crippen molar-refractivity contribution in [3.8, 4) is 5.75 Å².